The number of aliphatic hydroxyl groups is 2. The van der Waals surface area contributed by atoms with Crippen LogP contribution in [0.3, 0.4) is 0 Å². The van der Waals surface area contributed by atoms with E-state index in [4.69, 9.17) is 10.2 Å². The summed E-state index contributed by atoms with van der Waals surface area (Å²) in [5.74, 6) is -2.80. The molecule has 0 aliphatic carbocycles. The minimum atomic E-state index is -1.16. The molecule has 2 atom stereocenters. The van der Waals surface area contributed by atoms with Crippen molar-refractivity contribution in [3.63, 3.8) is 0 Å². The van der Waals surface area contributed by atoms with Crippen LogP contribution >= 0.6 is 0 Å². The van der Waals surface area contributed by atoms with Gasteiger partial charge in [0.1, 0.15) is 25.5 Å². The number of aliphatic hydroxyl groups excluding tert-OH is 2. The Bertz CT molecular complexity index is 626. The van der Waals surface area contributed by atoms with Gasteiger partial charge in [-0.25, -0.2) is 9.59 Å². The first kappa shape index (κ1) is 20.1. The molecule has 0 spiro atoms. The van der Waals surface area contributed by atoms with Crippen molar-refractivity contribution in [2.75, 3.05) is 20.1 Å². The van der Waals surface area contributed by atoms with Crippen LogP contribution in [0.4, 0.5) is 9.59 Å². The lowest BCUT2D eigenvalue weighted by Crippen LogP contribution is -2.44. The summed E-state index contributed by atoms with van der Waals surface area (Å²) in [7, 11) is 0. The van der Waals surface area contributed by atoms with E-state index in [1.807, 2.05) is 10.6 Å². The molecule has 148 valence electrons. The molecule has 0 aromatic heterocycles. The van der Waals surface area contributed by atoms with Gasteiger partial charge in [-0.05, 0) is 0 Å². The average molecular weight is 386 g/mol. The molecular formula is C13H18N6O8. The number of imide groups is 2. The molecule has 2 fully saturated rings. The fraction of sp³-hybridized carbons (Fsp3) is 0.538. The molecule has 0 saturated carbocycles. The summed E-state index contributed by atoms with van der Waals surface area (Å²) < 4.78 is 0. The van der Waals surface area contributed by atoms with Gasteiger partial charge in [0.05, 0.1) is 19.5 Å². The molecule has 0 aromatic carbocycles. The van der Waals surface area contributed by atoms with E-state index in [0.717, 1.165) is 9.80 Å². The number of carbonyl (C=O) groups is 6. The zero-order valence-electron chi connectivity index (χ0n) is 13.9. The lowest BCUT2D eigenvalue weighted by atomic mass is 10.2. The second-order valence-corrected chi connectivity index (χ2v) is 5.63. The van der Waals surface area contributed by atoms with Gasteiger partial charge in [0.2, 0.25) is 11.8 Å². The number of rotatable bonds is 8. The average Bonchev–Trinajstić information content (AvgIpc) is 3.02. The summed E-state index contributed by atoms with van der Waals surface area (Å²) in [6.07, 6.45) is -0.850. The van der Waals surface area contributed by atoms with Crippen molar-refractivity contribution < 1.29 is 39.0 Å². The van der Waals surface area contributed by atoms with Crippen molar-refractivity contribution in [2.45, 2.75) is 24.9 Å². The fourth-order valence-electron chi connectivity index (χ4n) is 2.56. The molecule has 2 rings (SSSR count). The van der Waals surface area contributed by atoms with Crippen molar-refractivity contribution in [3.8, 4) is 0 Å². The van der Waals surface area contributed by atoms with Crippen LogP contribution in [0.5, 0.6) is 0 Å². The summed E-state index contributed by atoms with van der Waals surface area (Å²) in [5.41, 5.74) is 0. The van der Waals surface area contributed by atoms with Crippen LogP contribution in [-0.4, -0.2) is 87.9 Å². The lowest BCUT2D eigenvalue weighted by molar-refractivity contribution is -0.130. The van der Waals surface area contributed by atoms with Crippen LogP contribution in [-0.2, 0) is 19.2 Å². The van der Waals surface area contributed by atoms with Crippen LogP contribution in [0.2, 0.25) is 0 Å². The largest absolute Gasteiger partial charge is 0.376 e. The minimum Gasteiger partial charge on any atom is -0.376 e. The molecule has 27 heavy (non-hydrogen) atoms. The smallest absolute Gasteiger partial charge is 0.326 e. The summed E-state index contributed by atoms with van der Waals surface area (Å²) in [6.45, 7) is -1.81. The minimum absolute atomic E-state index is 0.333. The molecule has 2 heterocycles. The topological polar surface area (TPSA) is 197 Å². The predicted molar refractivity (Wildman–Crippen MR) is 82.9 cm³/mol. The first-order valence-corrected chi connectivity index (χ1v) is 7.76. The number of amides is 8. The third-order valence-corrected chi connectivity index (χ3v) is 3.97. The first-order chi connectivity index (χ1) is 12.8. The van der Waals surface area contributed by atoms with Gasteiger partial charge in [-0.2, -0.15) is 0 Å². The van der Waals surface area contributed by atoms with Gasteiger partial charge in [0.25, 0.3) is 11.8 Å². The highest BCUT2D eigenvalue weighted by atomic mass is 16.3. The van der Waals surface area contributed by atoms with Crippen molar-refractivity contribution in [2.24, 2.45) is 0 Å². The lowest BCUT2D eigenvalue weighted by Gasteiger charge is -2.19. The Labute approximate surface area is 151 Å². The van der Waals surface area contributed by atoms with Gasteiger partial charge in [0.15, 0.2) is 0 Å². The molecule has 8 amide bonds. The number of hydrogen-bond acceptors (Lipinski definition) is 8. The SMILES string of the molecule is O=C(CC1C(=O)NC(=O)N1CO)NCNC(=O)CC1C(=O)NC(=O)N1CO. The number of carbonyl (C=O) groups excluding carboxylic acids is 6. The second kappa shape index (κ2) is 8.41. The molecule has 2 saturated heterocycles. The summed E-state index contributed by atoms with van der Waals surface area (Å²) >= 11 is 0. The van der Waals surface area contributed by atoms with Crippen LogP contribution in [0.1, 0.15) is 12.8 Å². The Hall–Kier alpha value is -3.26. The molecule has 0 bridgehead atoms. The van der Waals surface area contributed by atoms with Gasteiger partial charge in [-0.3, -0.25) is 39.6 Å². The predicted octanol–water partition coefficient (Wildman–Crippen LogP) is -4.30. The molecule has 0 aromatic rings. The Kier molecular flexibility index (Phi) is 6.25. The van der Waals surface area contributed by atoms with E-state index >= 15 is 0 Å². The Morgan fingerprint density at radius 1 is 0.815 bits per heavy atom. The monoisotopic (exact) mass is 386 g/mol. The quantitative estimate of drug-likeness (QED) is 0.178. The summed E-state index contributed by atoms with van der Waals surface area (Å²) in [5, 5.41) is 26.6. The van der Waals surface area contributed by atoms with E-state index in [-0.39, 0.29) is 6.67 Å². The van der Waals surface area contributed by atoms with Crippen molar-refractivity contribution >= 4 is 35.7 Å². The molecular weight excluding hydrogens is 368 g/mol. The Balaban J connectivity index is 1.75. The van der Waals surface area contributed by atoms with Crippen LogP contribution in [0.15, 0.2) is 0 Å². The van der Waals surface area contributed by atoms with E-state index in [2.05, 4.69) is 10.6 Å². The maximum atomic E-state index is 11.8. The first-order valence-electron chi connectivity index (χ1n) is 7.76. The molecule has 2 unspecified atom stereocenters. The fourth-order valence-corrected chi connectivity index (χ4v) is 2.56. The molecule has 2 aliphatic heterocycles. The van der Waals surface area contributed by atoms with Gasteiger partial charge in [-0.15, -0.1) is 0 Å². The highest BCUT2D eigenvalue weighted by Crippen LogP contribution is 2.12. The maximum absolute atomic E-state index is 11.8. The standard InChI is InChI=1S/C13H18N6O8/c20-4-18-6(10(24)16-12(18)26)1-8(22)14-3-15-9(23)2-7-11(25)17-13(27)19(7)5-21/h6-7,20-21H,1-5H2,(H,14,22)(H,15,23)(H,16,24,26)(H,17,25,27). The maximum Gasteiger partial charge on any atom is 0.326 e. The van der Waals surface area contributed by atoms with E-state index in [1.54, 1.807) is 0 Å². The van der Waals surface area contributed by atoms with Gasteiger partial charge >= 0.3 is 12.1 Å². The van der Waals surface area contributed by atoms with Gasteiger partial charge in [-0.1, -0.05) is 0 Å². The van der Waals surface area contributed by atoms with Crippen LogP contribution < -0.4 is 21.3 Å². The van der Waals surface area contributed by atoms with E-state index < -0.39 is 74.1 Å². The Morgan fingerprint density at radius 2 is 1.19 bits per heavy atom. The number of urea groups is 2. The highest BCUT2D eigenvalue weighted by Gasteiger charge is 2.40. The molecule has 2 aliphatic rings. The van der Waals surface area contributed by atoms with E-state index in [0.29, 0.717) is 0 Å². The highest BCUT2D eigenvalue weighted by molar-refractivity contribution is 6.06. The van der Waals surface area contributed by atoms with Gasteiger partial charge in [0, 0.05) is 0 Å². The number of hydrogen-bond donors (Lipinski definition) is 6. The van der Waals surface area contributed by atoms with Gasteiger partial charge < -0.3 is 20.8 Å². The van der Waals surface area contributed by atoms with Crippen molar-refractivity contribution in [1.29, 1.82) is 0 Å². The summed E-state index contributed by atoms with van der Waals surface area (Å²) in [6, 6.07) is -3.95. The number of nitrogens with one attached hydrogen (secondary N) is 4. The van der Waals surface area contributed by atoms with Crippen molar-refractivity contribution in [1.82, 2.24) is 31.1 Å². The molecule has 14 heteroatoms. The molecule has 14 nitrogen and oxygen atoms in total. The van der Waals surface area contributed by atoms with E-state index in [1.165, 1.54) is 0 Å². The van der Waals surface area contributed by atoms with Crippen LogP contribution in [0.25, 0.3) is 0 Å². The van der Waals surface area contributed by atoms with E-state index in [9.17, 15) is 28.8 Å². The zero-order chi connectivity index (χ0) is 20.1. The van der Waals surface area contributed by atoms with Crippen LogP contribution in [0, 0.1) is 0 Å². The molecule has 6 N–H and O–H groups in total. The third kappa shape index (κ3) is 4.48. The summed E-state index contributed by atoms with van der Waals surface area (Å²) in [4.78, 5) is 71.0. The normalized spacial score (nSPS) is 22.0. The number of nitrogens with zero attached hydrogens (tertiary/aromatic N) is 2. The zero-order valence-corrected chi connectivity index (χ0v) is 13.9. The molecule has 0 radical (unpaired) electrons. The van der Waals surface area contributed by atoms with Crippen molar-refractivity contribution in [3.05, 3.63) is 0 Å². The third-order valence-electron chi connectivity index (χ3n) is 3.97. The Morgan fingerprint density at radius 3 is 1.52 bits per heavy atom. The second-order valence-electron chi connectivity index (χ2n) is 5.63.